The molecule has 7 nitrogen and oxygen atoms in total. The molecular weight excluding hydrogens is 272 g/mol. The summed E-state index contributed by atoms with van der Waals surface area (Å²) >= 11 is 0. The van der Waals surface area contributed by atoms with E-state index in [0.717, 1.165) is 11.3 Å². The second kappa shape index (κ2) is 6.85. The van der Waals surface area contributed by atoms with Crippen molar-refractivity contribution in [3.05, 3.63) is 41.7 Å². The van der Waals surface area contributed by atoms with E-state index in [1.807, 2.05) is 24.3 Å². The molecule has 0 spiro atoms. The van der Waals surface area contributed by atoms with Gasteiger partial charge in [0.05, 0.1) is 19.9 Å². The summed E-state index contributed by atoms with van der Waals surface area (Å²) in [5.74, 6) is -0.240. The summed E-state index contributed by atoms with van der Waals surface area (Å²) in [6.07, 6.45) is 1.42. The Morgan fingerprint density at radius 2 is 2.14 bits per heavy atom. The second-order valence-electron chi connectivity index (χ2n) is 4.62. The number of nitrogens with zero attached hydrogens (tertiary/aromatic N) is 3. The van der Waals surface area contributed by atoms with Gasteiger partial charge in [-0.1, -0.05) is 17.3 Å². The van der Waals surface area contributed by atoms with Crippen LogP contribution in [-0.4, -0.2) is 39.7 Å². The maximum Gasteiger partial charge on any atom is 0.358 e. The molecule has 0 aliphatic rings. The molecule has 0 bridgehead atoms. The molecule has 7 heteroatoms. The van der Waals surface area contributed by atoms with Gasteiger partial charge in [-0.05, 0) is 24.6 Å². The van der Waals surface area contributed by atoms with Crippen LogP contribution in [-0.2, 0) is 6.54 Å². The van der Waals surface area contributed by atoms with Crippen molar-refractivity contribution >= 4 is 5.97 Å². The minimum atomic E-state index is -1.07. The van der Waals surface area contributed by atoms with Crippen molar-refractivity contribution in [2.75, 3.05) is 13.7 Å². The largest absolute Gasteiger partial charge is 0.497 e. The number of nitrogens with one attached hydrogen (secondary N) is 1. The van der Waals surface area contributed by atoms with Crippen LogP contribution in [0, 0.1) is 0 Å². The normalized spacial score (nSPS) is 12.1. The van der Waals surface area contributed by atoms with Crippen molar-refractivity contribution in [3.63, 3.8) is 0 Å². The van der Waals surface area contributed by atoms with E-state index in [2.05, 4.69) is 22.6 Å². The first-order valence-corrected chi connectivity index (χ1v) is 6.61. The third-order valence-corrected chi connectivity index (χ3v) is 3.16. The van der Waals surface area contributed by atoms with Gasteiger partial charge < -0.3 is 15.2 Å². The van der Waals surface area contributed by atoms with Crippen LogP contribution >= 0.6 is 0 Å². The molecule has 0 saturated heterocycles. The molecule has 112 valence electrons. The van der Waals surface area contributed by atoms with E-state index < -0.39 is 5.97 Å². The Morgan fingerprint density at radius 1 is 1.43 bits per heavy atom. The number of methoxy groups -OCH3 is 1. The molecule has 0 aliphatic heterocycles. The van der Waals surface area contributed by atoms with E-state index in [0.29, 0.717) is 13.1 Å². The number of hydrogen-bond donors (Lipinski definition) is 2. The third-order valence-electron chi connectivity index (χ3n) is 3.16. The van der Waals surface area contributed by atoms with Crippen molar-refractivity contribution in [1.82, 2.24) is 20.3 Å². The predicted octanol–water partition coefficient (Wildman–Crippen LogP) is 1.34. The van der Waals surface area contributed by atoms with Crippen LogP contribution in [0.2, 0.25) is 0 Å². The molecule has 1 heterocycles. The first-order valence-electron chi connectivity index (χ1n) is 6.61. The number of carboxylic acid groups (broad SMARTS) is 1. The molecular formula is C14H18N4O3. The first kappa shape index (κ1) is 15.0. The number of aromatic nitrogens is 3. The molecule has 0 aliphatic carbocycles. The van der Waals surface area contributed by atoms with Gasteiger partial charge in [0, 0.05) is 12.6 Å². The molecule has 2 N–H and O–H groups in total. The Balaban J connectivity index is 1.82. The highest BCUT2D eigenvalue weighted by Gasteiger charge is 2.08. The number of rotatable bonds is 7. The summed E-state index contributed by atoms with van der Waals surface area (Å²) in [4.78, 5) is 10.7. The minimum Gasteiger partial charge on any atom is -0.497 e. The van der Waals surface area contributed by atoms with Crippen molar-refractivity contribution in [1.29, 1.82) is 0 Å². The average molecular weight is 290 g/mol. The van der Waals surface area contributed by atoms with E-state index in [1.54, 1.807) is 7.11 Å². The van der Waals surface area contributed by atoms with Crippen LogP contribution in [0.1, 0.15) is 29.0 Å². The monoisotopic (exact) mass is 290 g/mol. The molecule has 0 fully saturated rings. The van der Waals surface area contributed by atoms with Crippen molar-refractivity contribution in [3.8, 4) is 5.75 Å². The summed E-state index contributed by atoms with van der Waals surface area (Å²) in [6.45, 7) is 3.28. The number of benzene rings is 1. The summed E-state index contributed by atoms with van der Waals surface area (Å²) in [5, 5.41) is 19.4. The maximum absolute atomic E-state index is 10.7. The Bertz CT molecular complexity index is 595. The van der Waals surface area contributed by atoms with Crippen LogP contribution in [0.15, 0.2) is 30.5 Å². The highest BCUT2D eigenvalue weighted by molar-refractivity contribution is 5.84. The molecule has 1 atom stereocenters. The smallest absolute Gasteiger partial charge is 0.358 e. The van der Waals surface area contributed by atoms with Gasteiger partial charge in [0.2, 0.25) is 0 Å². The molecule has 1 aromatic carbocycles. The summed E-state index contributed by atoms with van der Waals surface area (Å²) in [5.41, 5.74) is 1.11. The van der Waals surface area contributed by atoms with Gasteiger partial charge in [0.25, 0.3) is 0 Å². The van der Waals surface area contributed by atoms with E-state index in [1.165, 1.54) is 10.9 Å². The Kier molecular flexibility index (Phi) is 4.89. The van der Waals surface area contributed by atoms with Crippen LogP contribution < -0.4 is 10.1 Å². The van der Waals surface area contributed by atoms with Crippen LogP contribution in [0.25, 0.3) is 0 Å². The quantitative estimate of drug-likeness (QED) is 0.799. The predicted molar refractivity (Wildman–Crippen MR) is 76.4 cm³/mol. The van der Waals surface area contributed by atoms with Crippen LogP contribution in [0.3, 0.4) is 0 Å². The average Bonchev–Trinajstić information content (AvgIpc) is 2.96. The number of aromatic carboxylic acids is 1. The minimum absolute atomic E-state index is 0.0433. The van der Waals surface area contributed by atoms with Gasteiger partial charge in [0.1, 0.15) is 5.75 Å². The van der Waals surface area contributed by atoms with Crippen LogP contribution in [0.5, 0.6) is 5.75 Å². The summed E-state index contributed by atoms with van der Waals surface area (Å²) in [7, 11) is 1.64. The van der Waals surface area contributed by atoms with Crippen molar-refractivity contribution < 1.29 is 14.6 Å². The van der Waals surface area contributed by atoms with Gasteiger partial charge in [-0.15, -0.1) is 5.10 Å². The maximum atomic E-state index is 10.7. The highest BCUT2D eigenvalue weighted by Crippen LogP contribution is 2.16. The Labute approximate surface area is 122 Å². The van der Waals surface area contributed by atoms with E-state index >= 15 is 0 Å². The number of hydrogen-bond acceptors (Lipinski definition) is 5. The fourth-order valence-corrected chi connectivity index (χ4v) is 1.91. The topological polar surface area (TPSA) is 89.3 Å². The standard InChI is InChI=1S/C14H18N4O3/c1-10(11-3-5-12(21-2)6-4-11)15-7-8-18-9-13(14(19)20)16-17-18/h3-6,9-10,15H,7-8H2,1-2H3,(H,19,20)/t10-/m0/s1. The number of carboxylic acids is 1. The zero-order valence-electron chi connectivity index (χ0n) is 12.0. The lowest BCUT2D eigenvalue weighted by molar-refractivity contribution is 0.0690. The number of ether oxygens (including phenoxy) is 1. The molecule has 21 heavy (non-hydrogen) atoms. The summed E-state index contributed by atoms with van der Waals surface area (Å²) < 4.78 is 6.63. The molecule has 0 unspecified atom stereocenters. The SMILES string of the molecule is COc1ccc([C@H](C)NCCn2cc(C(=O)O)nn2)cc1. The zero-order valence-corrected chi connectivity index (χ0v) is 12.0. The fourth-order valence-electron chi connectivity index (χ4n) is 1.91. The Hall–Kier alpha value is -2.41. The lowest BCUT2D eigenvalue weighted by atomic mass is 10.1. The van der Waals surface area contributed by atoms with E-state index in [-0.39, 0.29) is 11.7 Å². The first-order chi connectivity index (χ1) is 10.1. The fraction of sp³-hybridized carbons (Fsp3) is 0.357. The van der Waals surface area contributed by atoms with Gasteiger partial charge in [-0.2, -0.15) is 0 Å². The molecule has 2 aromatic rings. The molecule has 0 saturated carbocycles. The van der Waals surface area contributed by atoms with Gasteiger partial charge >= 0.3 is 5.97 Å². The van der Waals surface area contributed by atoms with E-state index in [4.69, 9.17) is 9.84 Å². The zero-order chi connectivity index (χ0) is 15.2. The second-order valence-corrected chi connectivity index (χ2v) is 4.62. The van der Waals surface area contributed by atoms with Gasteiger partial charge in [-0.3, -0.25) is 4.68 Å². The molecule has 1 aromatic heterocycles. The molecule has 0 amide bonds. The van der Waals surface area contributed by atoms with Crippen molar-refractivity contribution in [2.45, 2.75) is 19.5 Å². The lowest BCUT2D eigenvalue weighted by Crippen LogP contribution is -2.23. The third kappa shape index (κ3) is 4.03. The Morgan fingerprint density at radius 3 is 2.71 bits per heavy atom. The lowest BCUT2D eigenvalue weighted by Gasteiger charge is -2.14. The number of carbonyl (C=O) groups is 1. The van der Waals surface area contributed by atoms with Crippen LogP contribution in [0.4, 0.5) is 0 Å². The van der Waals surface area contributed by atoms with Crippen molar-refractivity contribution in [2.24, 2.45) is 0 Å². The summed E-state index contributed by atoms with van der Waals surface area (Å²) in [6, 6.07) is 8.04. The van der Waals surface area contributed by atoms with E-state index in [9.17, 15) is 4.79 Å². The highest BCUT2D eigenvalue weighted by atomic mass is 16.5. The molecule has 0 radical (unpaired) electrons. The molecule has 2 rings (SSSR count). The van der Waals surface area contributed by atoms with Gasteiger partial charge in [-0.25, -0.2) is 4.79 Å². The van der Waals surface area contributed by atoms with Gasteiger partial charge in [0.15, 0.2) is 5.69 Å².